The van der Waals surface area contributed by atoms with Gasteiger partial charge >= 0.3 is 0 Å². The maximum Gasteiger partial charge on any atom is 0.257 e. The number of aromatic nitrogens is 1. The number of hydrogen-bond donors (Lipinski definition) is 3. The summed E-state index contributed by atoms with van der Waals surface area (Å²) in [5.41, 5.74) is 6.13. The predicted molar refractivity (Wildman–Crippen MR) is 93.4 cm³/mol. The summed E-state index contributed by atoms with van der Waals surface area (Å²) in [5, 5.41) is 8.64. The number of nitrogens with one attached hydrogen (secondary N) is 3. The zero-order chi connectivity index (χ0) is 16.6. The van der Waals surface area contributed by atoms with Gasteiger partial charge in [0.25, 0.3) is 5.91 Å². The third-order valence-corrected chi connectivity index (χ3v) is 4.08. The van der Waals surface area contributed by atoms with Crippen LogP contribution < -0.4 is 10.7 Å². The summed E-state index contributed by atoms with van der Waals surface area (Å²) in [6, 6.07) is 8.07. The molecule has 3 N–H and O–H groups in total. The molecule has 2 heterocycles. The molecule has 2 unspecified atom stereocenters. The number of carbonyl (C=O) groups is 1. The van der Waals surface area contributed by atoms with Crippen molar-refractivity contribution >= 4 is 23.0 Å². The molecule has 0 fully saturated rings. The molecule has 5 heteroatoms. The van der Waals surface area contributed by atoms with Crippen LogP contribution in [0.4, 0.5) is 0 Å². The standard InChI is InChI=1S/C18H24N4O/c1-11-16-13(12-7-5-6-8-14(12)21-16)9-15(20-11)17(23)22-19-10-18(2,3)4/h5-8,10-11,15,20-21H,9H2,1-4H3,(H,22,23)/b19-10+. The van der Waals surface area contributed by atoms with Crippen LogP contribution in [-0.2, 0) is 11.2 Å². The summed E-state index contributed by atoms with van der Waals surface area (Å²) in [4.78, 5) is 15.9. The highest BCUT2D eigenvalue weighted by Crippen LogP contribution is 2.31. The minimum atomic E-state index is -0.270. The second-order valence-corrected chi connectivity index (χ2v) is 7.31. The van der Waals surface area contributed by atoms with Crippen LogP contribution in [-0.4, -0.2) is 23.1 Å². The van der Waals surface area contributed by atoms with E-state index < -0.39 is 0 Å². The Kier molecular flexibility index (Phi) is 3.98. The van der Waals surface area contributed by atoms with Crippen molar-refractivity contribution in [1.29, 1.82) is 0 Å². The first-order valence-corrected chi connectivity index (χ1v) is 8.05. The molecule has 2 atom stereocenters. The van der Waals surface area contributed by atoms with E-state index in [1.807, 2.05) is 32.9 Å². The van der Waals surface area contributed by atoms with E-state index in [4.69, 9.17) is 0 Å². The molecule has 122 valence electrons. The van der Waals surface area contributed by atoms with E-state index in [2.05, 4.69) is 39.9 Å². The fraction of sp³-hybridized carbons (Fsp3) is 0.444. The Hall–Kier alpha value is -2.14. The lowest BCUT2D eigenvalue weighted by atomic mass is 9.94. The Morgan fingerprint density at radius 2 is 2.09 bits per heavy atom. The van der Waals surface area contributed by atoms with Crippen molar-refractivity contribution < 1.29 is 4.79 Å². The van der Waals surface area contributed by atoms with E-state index in [0.29, 0.717) is 6.42 Å². The molecule has 5 nitrogen and oxygen atoms in total. The van der Waals surface area contributed by atoms with E-state index in [9.17, 15) is 4.79 Å². The van der Waals surface area contributed by atoms with Gasteiger partial charge in [0.2, 0.25) is 0 Å². The van der Waals surface area contributed by atoms with E-state index in [-0.39, 0.29) is 23.4 Å². The van der Waals surface area contributed by atoms with Crippen molar-refractivity contribution in [2.45, 2.75) is 46.2 Å². The third-order valence-electron chi connectivity index (χ3n) is 4.08. The normalized spacial score (nSPS) is 21.6. The predicted octanol–water partition coefficient (Wildman–Crippen LogP) is 2.89. The number of amides is 1. The van der Waals surface area contributed by atoms with Gasteiger partial charge in [0, 0.05) is 28.9 Å². The lowest BCUT2D eigenvalue weighted by Crippen LogP contribution is -2.47. The minimum Gasteiger partial charge on any atom is -0.357 e. The summed E-state index contributed by atoms with van der Waals surface area (Å²) in [6.45, 7) is 8.21. The summed E-state index contributed by atoms with van der Waals surface area (Å²) in [7, 11) is 0. The molecular formula is C18H24N4O. The van der Waals surface area contributed by atoms with Gasteiger partial charge in [-0.25, -0.2) is 5.43 Å². The van der Waals surface area contributed by atoms with Crippen LogP contribution in [0, 0.1) is 5.41 Å². The summed E-state index contributed by atoms with van der Waals surface area (Å²) in [6.07, 6.45) is 2.43. The first-order valence-electron chi connectivity index (χ1n) is 8.05. The molecule has 0 spiro atoms. The van der Waals surface area contributed by atoms with Crippen molar-refractivity contribution in [1.82, 2.24) is 15.7 Å². The fourth-order valence-electron chi connectivity index (χ4n) is 2.99. The number of nitrogens with zero attached hydrogens (tertiary/aromatic N) is 1. The van der Waals surface area contributed by atoms with Gasteiger partial charge in [-0.3, -0.25) is 10.1 Å². The molecule has 0 saturated carbocycles. The average molecular weight is 312 g/mol. The molecule has 0 saturated heterocycles. The molecule has 2 aromatic rings. The van der Waals surface area contributed by atoms with Crippen LogP contribution in [0.15, 0.2) is 29.4 Å². The SMILES string of the molecule is CC1NC(C(=O)N/N=C/C(C)(C)C)Cc2c1[nH]c1ccccc21. The molecule has 1 aliphatic heterocycles. The number of benzene rings is 1. The number of carbonyl (C=O) groups excluding carboxylic acids is 1. The quantitative estimate of drug-likeness (QED) is 0.589. The van der Waals surface area contributed by atoms with Crippen molar-refractivity contribution in [3.05, 3.63) is 35.5 Å². The van der Waals surface area contributed by atoms with E-state index in [1.54, 1.807) is 6.21 Å². The topological polar surface area (TPSA) is 69.3 Å². The Labute approximate surface area is 136 Å². The molecule has 0 aliphatic carbocycles. The van der Waals surface area contributed by atoms with E-state index >= 15 is 0 Å². The Balaban J connectivity index is 1.80. The van der Waals surface area contributed by atoms with Crippen LogP contribution in [0.3, 0.4) is 0 Å². The van der Waals surface area contributed by atoms with Crippen molar-refractivity contribution in [3.63, 3.8) is 0 Å². The zero-order valence-electron chi connectivity index (χ0n) is 14.1. The van der Waals surface area contributed by atoms with Crippen molar-refractivity contribution in [2.24, 2.45) is 10.5 Å². The molecule has 23 heavy (non-hydrogen) atoms. The first-order chi connectivity index (χ1) is 10.8. The number of hydrogen-bond acceptors (Lipinski definition) is 3. The third kappa shape index (κ3) is 3.29. The Morgan fingerprint density at radius 1 is 1.35 bits per heavy atom. The van der Waals surface area contributed by atoms with Gasteiger partial charge in [-0.05, 0) is 30.4 Å². The van der Waals surface area contributed by atoms with Crippen molar-refractivity contribution in [2.75, 3.05) is 0 Å². The van der Waals surface area contributed by atoms with Gasteiger partial charge in [0.15, 0.2) is 0 Å². The lowest BCUT2D eigenvalue weighted by Gasteiger charge is -2.28. The Morgan fingerprint density at radius 3 is 2.83 bits per heavy atom. The highest BCUT2D eigenvalue weighted by atomic mass is 16.2. The lowest BCUT2D eigenvalue weighted by molar-refractivity contribution is -0.123. The number of hydrazone groups is 1. The number of rotatable bonds is 2. The Bertz CT molecular complexity index is 754. The second kappa shape index (κ2) is 5.81. The van der Waals surface area contributed by atoms with Gasteiger partial charge in [-0.15, -0.1) is 0 Å². The van der Waals surface area contributed by atoms with Crippen LogP contribution in [0.1, 0.15) is 45.0 Å². The van der Waals surface area contributed by atoms with Gasteiger partial charge in [0.1, 0.15) is 0 Å². The maximum absolute atomic E-state index is 12.4. The molecule has 1 aromatic carbocycles. The van der Waals surface area contributed by atoms with Crippen LogP contribution in [0.5, 0.6) is 0 Å². The molecule has 1 aliphatic rings. The van der Waals surface area contributed by atoms with Gasteiger partial charge < -0.3 is 4.98 Å². The summed E-state index contributed by atoms with van der Waals surface area (Å²) >= 11 is 0. The number of para-hydroxylation sites is 1. The second-order valence-electron chi connectivity index (χ2n) is 7.31. The number of aromatic amines is 1. The minimum absolute atomic E-state index is 0.0510. The molecule has 1 aromatic heterocycles. The van der Waals surface area contributed by atoms with E-state index in [0.717, 1.165) is 5.52 Å². The fourth-order valence-corrected chi connectivity index (χ4v) is 2.99. The van der Waals surface area contributed by atoms with Gasteiger partial charge in [-0.2, -0.15) is 5.10 Å². The van der Waals surface area contributed by atoms with Crippen LogP contribution >= 0.6 is 0 Å². The number of fused-ring (bicyclic) bond motifs is 3. The maximum atomic E-state index is 12.4. The smallest absolute Gasteiger partial charge is 0.257 e. The molecule has 1 amide bonds. The van der Waals surface area contributed by atoms with Crippen molar-refractivity contribution in [3.8, 4) is 0 Å². The highest BCUT2D eigenvalue weighted by Gasteiger charge is 2.30. The molecular weight excluding hydrogens is 288 g/mol. The molecule has 0 radical (unpaired) electrons. The largest absolute Gasteiger partial charge is 0.357 e. The number of H-pyrrole nitrogens is 1. The summed E-state index contributed by atoms with van der Waals surface area (Å²) < 4.78 is 0. The monoisotopic (exact) mass is 312 g/mol. The van der Waals surface area contributed by atoms with Crippen LogP contribution in [0.2, 0.25) is 0 Å². The highest BCUT2D eigenvalue weighted by molar-refractivity contribution is 5.88. The average Bonchev–Trinajstić information content (AvgIpc) is 2.85. The van der Waals surface area contributed by atoms with E-state index in [1.165, 1.54) is 16.6 Å². The van der Waals surface area contributed by atoms with Gasteiger partial charge in [-0.1, -0.05) is 39.0 Å². The summed E-state index contributed by atoms with van der Waals surface area (Å²) in [5.74, 6) is -0.0896. The van der Waals surface area contributed by atoms with Gasteiger partial charge in [0.05, 0.1) is 6.04 Å². The first kappa shape index (κ1) is 15.7. The molecule has 0 bridgehead atoms. The molecule has 3 rings (SSSR count). The van der Waals surface area contributed by atoms with Crippen LogP contribution in [0.25, 0.3) is 10.9 Å². The zero-order valence-corrected chi connectivity index (χ0v) is 14.1.